The Labute approximate surface area is 221 Å². The second-order valence-electron chi connectivity index (χ2n) is 9.56. The monoisotopic (exact) mass is 517 g/mol. The third-order valence-corrected chi connectivity index (χ3v) is 6.99. The number of carbonyl (C=O) groups excluding carboxylic acids is 1. The molecule has 1 saturated heterocycles. The number of likely N-dealkylation sites (tertiary alicyclic amines) is 1. The number of amides is 1. The summed E-state index contributed by atoms with van der Waals surface area (Å²) in [6.07, 6.45) is 5.15. The van der Waals surface area contributed by atoms with Gasteiger partial charge < -0.3 is 19.5 Å². The summed E-state index contributed by atoms with van der Waals surface area (Å²) in [5.74, 6) is 1.65. The number of aliphatic hydroxyl groups is 1. The Bertz CT molecular complexity index is 1350. The molecule has 1 aliphatic rings. The molecule has 1 amide bonds. The van der Waals surface area contributed by atoms with E-state index in [4.69, 9.17) is 14.6 Å². The van der Waals surface area contributed by atoms with E-state index in [2.05, 4.69) is 4.98 Å². The first-order valence-corrected chi connectivity index (χ1v) is 13.1. The lowest BCUT2D eigenvalue weighted by Crippen LogP contribution is -2.38. The quantitative estimate of drug-likeness (QED) is 0.291. The van der Waals surface area contributed by atoms with Crippen molar-refractivity contribution in [1.29, 1.82) is 0 Å². The number of piperidine rings is 1. The van der Waals surface area contributed by atoms with Gasteiger partial charge in [0.15, 0.2) is 0 Å². The molecular formula is C30H32FN3O4. The topological polar surface area (TPSA) is 76.8 Å². The fourth-order valence-electron chi connectivity index (χ4n) is 4.81. The summed E-state index contributed by atoms with van der Waals surface area (Å²) in [6, 6.07) is 19.4. The van der Waals surface area contributed by atoms with Crippen LogP contribution in [0.4, 0.5) is 4.39 Å². The van der Waals surface area contributed by atoms with Crippen LogP contribution in [0.25, 0.3) is 16.7 Å². The van der Waals surface area contributed by atoms with Gasteiger partial charge in [0.05, 0.1) is 24.2 Å². The first-order valence-electron chi connectivity index (χ1n) is 13.1. The predicted octanol–water partition coefficient (Wildman–Crippen LogP) is 5.25. The fourth-order valence-corrected chi connectivity index (χ4v) is 4.81. The van der Waals surface area contributed by atoms with E-state index in [0.29, 0.717) is 36.9 Å². The largest absolute Gasteiger partial charge is 0.493 e. The van der Waals surface area contributed by atoms with Crippen molar-refractivity contribution in [3.05, 3.63) is 84.4 Å². The van der Waals surface area contributed by atoms with Crippen LogP contribution in [-0.4, -0.2) is 58.4 Å². The van der Waals surface area contributed by atoms with Crippen LogP contribution in [0.2, 0.25) is 0 Å². The van der Waals surface area contributed by atoms with Crippen LogP contribution in [0.1, 0.15) is 36.0 Å². The van der Waals surface area contributed by atoms with Gasteiger partial charge in [-0.3, -0.25) is 9.36 Å². The fraction of sp³-hybridized carbons (Fsp3) is 0.333. The van der Waals surface area contributed by atoms with Crippen LogP contribution < -0.4 is 9.47 Å². The van der Waals surface area contributed by atoms with Gasteiger partial charge in [-0.1, -0.05) is 0 Å². The van der Waals surface area contributed by atoms with E-state index < -0.39 is 0 Å². The molecule has 5 rings (SSSR count). The normalized spacial score (nSPS) is 14.1. The van der Waals surface area contributed by atoms with Crippen molar-refractivity contribution in [2.75, 3.05) is 32.9 Å². The number of halogens is 1. The SMILES string of the molecule is O=C(c1ccc2c(c1)ncn2-c1ccc(OCCCOc2ccc(F)cc2)cc1)N1CCC(CCO)CC1. The molecule has 7 nitrogen and oxygen atoms in total. The summed E-state index contributed by atoms with van der Waals surface area (Å²) in [5, 5.41) is 9.15. The zero-order chi connectivity index (χ0) is 26.3. The summed E-state index contributed by atoms with van der Waals surface area (Å²) in [5.41, 5.74) is 3.29. The first kappa shape index (κ1) is 25.7. The molecule has 0 atom stereocenters. The van der Waals surface area contributed by atoms with E-state index in [-0.39, 0.29) is 18.3 Å². The molecule has 2 heterocycles. The Morgan fingerprint density at radius 2 is 1.61 bits per heavy atom. The second-order valence-corrected chi connectivity index (χ2v) is 9.56. The Morgan fingerprint density at radius 3 is 2.26 bits per heavy atom. The van der Waals surface area contributed by atoms with Crippen LogP contribution in [0.3, 0.4) is 0 Å². The number of ether oxygens (including phenoxy) is 2. The number of carbonyl (C=O) groups is 1. The van der Waals surface area contributed by atoms with Crippen LogP contribution in [0, 0.1) is 11.7 Å². The maximum Gasteiger partial charge on any atom is 0.253 e. The molecule has 0 radical (unpaired) electrons. The summed E-state index contributed by atoms with van der Waals surface area (Å²) in [4.78, 5) is 19.5. The van der Waals surface area contributed by atoms with Gasteiger partial charge in [-0.15, -0.1) is 0 Å². The van der Waals surface area contributed by atoms with Crippen molar-refractivity contribution in [3.63, 3.8) is 0 Å². The molecule has 1 fully saturated rings. The number of rotatable bonds is 10. The summed E-state index contributed by atoms with van der Waals surface area (Å²) < 4.78 is 26.4. The van der Waals surface area contributed by atoms with Gasteiger partial charge in [0.2, 0.25) is 0 Å². The standard InChI is InChI=1S/C30H32FN3O4/c31-24-3-7-26(8-4-24)37-18-1-19-38-27-9-5-25(6-10-27)34-21-32-28-20-23(2-11-29(28)34)30(36)33-15-12-22(13-16-33)14-17-35/h2-11,20-22,35H,1,12-19H2. The van der Waals surface area contributed by atoms with E-state index in [0.717, 1.165) is 54.8 Å². The number of aromatic nitrogens is 2. The average molecular weight is 518 g/mol. The van der Waals surface area contributed by atoms with E-state index in [1.54, 1.807) is 18.5 Å². The van der Waals surface area contributed by atoms with Gasteiger partial charge >= 0.3 is 0 Å². The molecular weight excluding hydrogens is 485 g/mol. The molecule has 3 aromatic carbocycles. The molecule has 8 heteroatoms. The molecule has 1 aromatic heterocycles. The average Bonchev–Trinajstić information content (AvgIpc) is 3.38. The predicted molar refractivity (Wildman–Crippen MR) is 143 cm³/mol. The maximum absolute atomic E-state index is 13.0. The van der Waals surface area contributed by atoms with Gasteiger partial charge in [0.1, 0.15) is 23.6 Å². The molecule has 0 aliphatic carbocycles. The highest BCUT2D eigenvalue weighted by atomic mass is 19.1. The van der Waals surface area contributed by atoms with Crippen molar-refractivity contribution >= 4 is 16.9 Å². The minimum atomic E-state index is -0.283. The third kappa shape index (κ3) is 6.14. The number of fused-ring (bicyclic) bond motifs is 1. The highest BCUT2D eigenvalue weighted by Crippen LogP contribution is 2.25. The molecule has 0 bridgehead atoms. The van der Waals surface area contributed by atoms with Gasteiger partial charge in [-0.05, 0) is 91.9 Å². The molecule has 0 unspecified atom stereocenters. The van der Waals surface area contributed by atoms with Crippen molar-refractivity contribution < 1.29 is 23.8 Å². The third-order valence-electron chi connectivity index (χ3n) is 6.99. The van der Waals surface area contributed by atoms with Crippen molar-refractivity contribution in [2.45, 2.75) is 25.7 Å². The summed E-state index contributed by atoms with van der Waals surface area (Å²) >= 11 is 0. The lowest BCUT2D eigenvalue weighted by molar-refractivity contribution is 0.0678. The van der Waals surface area contributed by atoms with Crippen molar-refractivity contribution in [2.24, 2.45) is 5.92 Å². The Kier molecular flexibility index (Phi) is 8.19. The van der Waals surface area contributed by atoms with Crippen LogP contribution >= 0.6 is 0 Å². The molecule has 0 saturated carbocycles. The minimum absolute atomic E-state index is 0.0356. The number of hydrogen-bond acceptors (Lipinski definition) is 5. The molecule has 198 valence electrons. The maximum atomic E-state index is 13.0. The Balaban J connectivity index is 1.15. The zero-order valence-electron chi connectivity index (χ0n) is 21.3. The minimum Gasteiger partial charge on any atom is -0.493 e. The summed E-state index contributed by atoms with van der Waals surface area (Å²) in [6.45, 7) is 2.65. The lowest BCUT2D eigenvalue weighted by atomic mass is 9.93. The van der Waals surface area contributed by atoms with Crippen LogP contribution in [0.5, 0.6) is 11.5 Å². The summed E-state index contributed by atoms with van der Waals surface area (Å²) in [7, 11) is 0. The van der Waals surface area contributed by atoms with E-state index >= 15 is 0 Å². The molecule has 0 spiro atoms. The number of nitrogens with zero attached hydrogens (tertiary/aromatic N) is 3. The molecule has 1 aliphatic heterocycles. The van der Waals surface area contributed by atoms with Gasteiger partial charge in [-0.25, -0.2) is 9.37 Å². The number of benzene rings is 3. The molecule has 38 heavy (non-hydrogen) atoms. The van der Waals surface area contributed by atoms with Crippen molar-refractivity contribution in [1.82, 2.24) is 14.5 Å². The van der Waals surface area contributed by atoms with Crippen LogP contribution in [0.15, 0.2) is 73.1 Å². The van der Waals surface area contributed by atoms with Crippen LogP contribution in [-0.2, 0) is 0 Å². The second kappa shape index (κ2) is 12.1. The zero-order valence-corrected chi connectivity index (χ0v) is 21.3. The first-order chi connectivity index (χ1) is 18.6. The van der Waals surface area contributed by atoms with Crippen molar-refractivity contribution in [3.8, 4) is 17.2 Å². The number of imidazole rings is 1. The van der Waals surface area contributed by atoms with Gasteiger partial charge in [0, 0.05) is 37.4 Å². The highest BCUT2D eigenvalue weighted by Gasteiger charge is 2.23. The van der Waals surface area contributed by atoms with E-state index in [9.17, 15) is 9.18 Å². The van der Waals surface area contributed by atoms with E-state index in [1.165, 1.54) is 12.1 Å². The Hall–Kier alpha value is -3.91. The molecule has 4 aromatic rings. The van der Waals surface area contributed by atoms with Gasteiger partial charge in [-0.2, -0.15) is 0 Å². The highest BCUT2D eigenvalue weighted by molar-refractivity contribution is 5.97. The van der Waals surface area contributed by atoms with E-state index in [1.807, 2.05) is 51.9 Å². The van der Waals surface area contributed by atoms with Gasteiger partial charge in [0.25, 0.3) is 5.91 Å². The number of aliphatic hydroxyl groups excluding tert-OH is 1. The lowest BCUT2D eigenvalue weighted by Gasteiger charge is -2.31. The molecule has 1 N–H and O–H groups in total. The smallest absolute Gasteiger partial charge is 0.253 e. The Morgan fingerprint density at radius 1 is 0.947 bits per heavy atom. The number of hydrogen-bond donors (Lipinski definition) is 1.